The fraction of sp³-hybridized carbons (Fsp3) is 1.00. The van der Waals surface area contributed by atoms with Crippen molar-refractivity contribution in [3.63, 3.8) is 0 Å². The van der Waals surface area contributed by atoms with E-state index in [4.69, 9.17) is 5.11 Å². The van der Waals surface area contributed by atoms with E-state index in [1.165, 1.54) is 44.9 Å². The molecule has 0 radical (unpaired) electrons. The van der Waals surface area contributed by atoms with Gasteiger partial charge in [-0.05, 0) is 38.1 Å². The molecule has 0 aromatic rings. The van der Waals surface area contributed by atoms with Crippen LogP contribution in [-0.4, -0.2) is 24.8 Å². The average Bonchev–Trinajstić information content (AvgIpc) is 2.38. The summed E-state index contributed by atoms with van der Waals surface area (Å²) in [5.41, 5.74) is 0. The molecule has 0 aliphatic heterocycles. The molecule has 0 aromatic carbocycles. The van der Waals surface area contributed by atoms with Crippen LogP contribution in [0.5, 0.6) is 0 Å². The first-order valence-corrected chi connectivity index (χ1v) is 7.99. The molecule has 2 nitrogen and oxygen atoms in total. The molecule has 2 N–H and O–H groups in total. The number of rotatable bonds is 4. The third kappa shape index (κ3) is 7.38. The summed E-state index contributed by atoms with van der Waals surface area (Å²) in [6.07, 6.45) is 10.8. The first kappa shape index (κ1) is 17.9. The van der Waals surface area contributed by atoms with Gasteiger partial charge in [-0.3, -0.25) is 0 Å². The summed E-state index contributed by atoms with van der Waals surface area (Å²) in [7, 11) is 2.14. The van der Waals surface area contributed by atoms with Gasteiger partial charge in [0.2, 0.25) is 0 Å². The molecule has 0 bridgehead atoms. The Morgan fingerprint density at radius 1 is 1.11 bits per heavy atom. The van der Waals surface area contributed by atoms with Crippen molar-refractivity contribution >= 4 is 0 Å². The second-order valence-electron chi connectivity index (χ2n) is 5.66. The van der Waals surface area contributed by atoms with Crippen LogP contribution in [0.25, 0.3) is 0 Å². The van der Waals surface area contributed by atoms with Gasteiger partial charge in [-0.2, -0.15) is 0 Å². The predicted octanol–water partition coefficient (Wildman–Crippen LogP) is 3.98. The van der Waals surface area contributed by atoms with Crippen molar-refractivity contribution in [1.82, 2.24) is 5.32 Å². The SMILES string of the molecule is CCC(C)C1CCCCCCC1NC.CCCO. The Hall–Kier alpha value is -0.0800. The summed E-state index contributed by atoms with van der Waals surface area (Å²) in [5.74, 6) is 1.82. The van der Waals surface area contributed by atoms with Gasteiger partial charge in [0.1, 0.15) is 0 Å². The van der Waals surface area contributed by atoms with Gasteiger partial charge in [-0.15, -0.1) is 0 Å². The molecule has 110 valence electrons. The van der Waals surface area contributed by atoms with E-state index in [0.29, 0.717) is 6.61 Å². The third-order valence-electron chi connectivity index (χ3n) is 4.29. The van der Waals surface area contributed by atoms with E-state index >= 15 is 0 Å². The molecule has 18 heavy (non-hydrogen) atoms. The predicted molar refractivity (Wildman–Crippen MR) is 80.9 cm³/mol. The maximum atomic E-state index is 7.88. The molecule has 0 aromatic heterocycles. The lowest BCUT2D eigenvalue weighted by Gasteiger charge is -2.33. The minimum atomic E-state index is 0.319. The van der Waals surface area contributed by atoms with Crippen molar-refractivity contribution in [3.8, 4) is 0 Å². The maximum Gasteiger partial charge on any atom is 0.0428 e. The smallest absolute Gasteiger partial charge is 0.0428 e. The van der Waals surface area contributed by atoms with Gasteiger partial charge in [0.25, 0.3) is 0 Å². The lowest BCUT2D eigenvalue weighted by atomic mass is 9.78. The third-order valence-corrected chi connectivity index (χ3v) is 4.29. The number of aliphatic hydroxyl groups excluding tert-OH is 1. The fourth-order valence-corrected chi connectivity index (χ4v) is 2.86. The summed E-state index contributed by atoms with van der Waals surface area (Å²) in [5, 5.41) is 11.4. The Morgan fingerprint density at radius 2 is 1.67 bits per heavy atom. The summed E-state index contributed by atoms with van der Waals surface area (Å²) in [4.78, 5) is 0. The Labute approximate surface area is 115 Å². The van der Waals surface area contributed by atoms with Crippen LogP contribution in [0, 0.1) is 11.8 Å². The largest absolute Gasteiger partial charge is 0.396 e. The summed E-state index contributed by atoms with van der Waals surface area (Å²) in [6.45, 7) is 7.01. The number of aliphatic hydroxyl groups is 1. The van der Waals surface area contributed by atoms with Gasteiger partial charge in [-0.25, -0.2) is 0 Å². The first-order valence-electron chi connectivity index (χ1n) is 7.99. The Morgan fingerprint density at radius 3 is 2.11 bits per heavy atom. The van der Waals surface area contributed by atoms with E-state index in [0.717, 1.165) is 24.3 Å². The van der Waals surface area contributed by atoms with E-state index in [1.807, 2.05) is 6.92 Å². The van der Waals surface area contributed by atoms with E-state index in [1.54, 1.807) is 0 Å². The van der Waals surface area contributed by atoms with E-state index in [-0.39, 0.29) is 0 Å². The van der Waals surface area contributed by atoms with Crippen LogP contribution < -0.4 is 5.32 Å². The molecule has 3 unspecified atom stereocenters. The monoisotopic (exact) mass is 257 g/mol. The van der Waals surface area contributed by atoms with Crippen LogP contribution in [0.4, 0.5) is 0 Å². The molecule has 3 atom stereocenters. The zero-order valence-corrected chi connectivity index (χ0v) is 13.0. The first-order chi connectivity index (χ1) is 8.71. The van der Waals surface area contributed by atoms with Crippen molar-refractivity contribution < 1.29 is 5.11 Å². The number of nitrogens with one attached hydrogen (secondary N) is 1. The van der Waals surface area contributed by atoms with Gasteiger partial charge in [0, 0.05) is 12.6 Å². The molecule has 1 rings (SSSR count). The molecule has 1 aliphatic rings. The Bertz CT molecular complexity index is 170. The summed E-state index contributed by atoms with van der Waals surface area (Å²) in [6, 6.07) is 0.783. The molecular formula is C16H35NO. The minimum Gasteiger partial charge on any atom is -0.396 e. The Balaban J connectivity index is 0.000000631. The van der Waals surface area contributed by atoms with Crippen LogP contribution in [0.15, 0.2) is 0 Å². The highest BCUT2D eigenvalue weighted by atomic mass is 16.2. The van der Waals surface area contributed by atoms with Gasteiger partial charge >= 0.3 is 0 Å². The van der Waals surface area contributed by atoms with Gasteiger partial charge < -0.3 is 10.4 Å². The van der Waals surface area contributed by atoms with Crippen LogP contribution >= 0.6 is 0 Å². The van der Waals surface area contributed by atoms with Crippen molar-refractivity contribution in [3.05, 3.63) is 0 Å². The minimum absolute atomic E-state index is 0.319. The standard InChI is InChI=1S/C13H27N.C3H8O/c1-4-11(2)12-9-7-5-6-8-10-13(12)14-3;1-2-3-4/h11-14H,4-10H2,1-3H3;4H,2-3H2,1H3. The Kier molecular flexibility index (Phi) is 11.9. The van der Waals surface area contributed by atoms with Crippen LogP contribution in [0.3, 0.4) is 0 Å². The lowest BCUT2D eigenvalue weighted by Crippen LogP contribution is -2.37. The normalized spacial score (nSPS) is 26.5. The lowest BCUT2D eigenvalue weighted by molar-refractivity contribution is 0.218. The van der Waals surface area contributed by atoms with E-state index < -0.39 is 0 Å². The van der Waals surface area contributed by atoms with Gasteiger partial charge in [0.05, 0.1) is 0 Å². The molecule has 0 saturated heterocycles. The van der Waals surface area contributed by atoms with Crippen LogP contribution in [-0.2, 0) is 0 Å². The molecule has 0 spiro atoms. The topological polar surface area (TPSA) is 32.3 Å². The molecule has 1 aliphatic carbocycles. The maximum absolute atomic E-state index is 7.88. The number of hydrogen-bond acceptors (Lipinski definition) is 2. The van der Waals surface area contributed by atoms with E-state index in [2.05, 4.69) is 26.2 Å². The van der Waals surface area contributed by atoms with Crippen LogP contribution in [0.1, 0.15) is 72.1 Å². The summed E-state index contributed by atoms with van der Waals surface area (Å²) < 4.78 is 0. The zero-order valence-electron chi connectivity index (χ0n) is 13.0. The van der Waals surface area contributed by atoms with Crippen molar-refractivity contribution in [1.29, 1.82) is 0 Å². The second kappa shape index (κ2) is 12.0. The molecule has 1 fully saturated rings. The van der Waals surface area contributed by atoms with Crippen molar-refractivity contribution in [2.75, 3.05) is 13.7 Å². The van der Waals surface area contributed by atoms with Gasteiger partial charge in [0.15, 0.2) is 0 Å². The molecular weight excluding hydrogens is 222 g/mol. The average molecular weight is 257 g/mol. The molecule has 1 saturated carbocycles. The van der Waals surface area contributed by atoms with E-state index in [9.17, 15) is 0 Å². The number of hydrogen-bond donors (Lipinski definition) is 2. The quantitative estimate of drug-likeness (QED) is 0.798. The highest BCUT2D eigenvalue weighted by Gasteiger charge is 2.25. The van der Waals surface area contributed by atoms with Crippen LogP contribution in [0.2, 0.25) is 0 Å². The molecule has 2 heteroatoms. The molecule has 0 amide bonds. The second-order valence-corrected chi connectivity index (χ2v) is 5.66. The molecule has 0 heterocycles. The highest BCUT2D eigenvalue weighted by Crippen LogP contribution is 2.29. The summed E-state index contributed by atoms with van der Waals surface area (Å²) >= 11 is 0. The zero-order chi connectivity index (χ0) is 13.8. The van der Waals surface area contributed by atoms with Gasteiger partial charge in [-0.1, -0.05) is 52.9 Å². The van der Waals surface area contributed by atoms with Crippen molar-refractivity contribution in [2.45, 2.75) is 78.2 Å². The highest BCUT2D eigenvalue weighted by molar-refractivity contribution is 4.80. The van der Waals surface area contributed by atoms with Crippen molar-refractivity contribution in [2.24, 2.45) is 11.8 Å². The fourth-order valence-electron chi connectivity index (χ4n) is 2.86.